The Morgan fingerprint density at radius 2 is 1.46 bits per heavy atom. The number of rotatable bonds is 2. The molecule has 0 atom stereocenters. The summed E-state index contributed by atoms with van der Waals surface area (Å²) >= 11 is 0.182. The van der Waals surface area contributed by atoms with Crippen LogP contribution >= 0.6 is 0 Å². The summed E-state index contributed by atoms with van der Waals surface area (Å²) in [6, 6.07) is 7.94. The topological polar surface area (TPSA) is 25.2 Å². The minimum atomic E-state index is 0.180. The molecule has 1 aliphatic rings. The number of piperidine rings is 1. The van der Waals surface area contributed by atoms with Crippen molar-refractivity contribution in [3.8, 4) is 0 Å². The standard InChI is InChI=1S/C12H15NOSe.C10H21N/c1-12(2,3)8-13-11(14)9-6-4-5-7-10(9)15-13;1-10(2,3)9-11-7-5-4-6-8-11/h4-7H,8H2,1-3H3;4-9H2,1-3H3. The van der Waals surface area contributed by atoms with Crippen molar-refractivity contribution in [2.24, 2.45) is 10.8 Å². The van der Waals surface area contributed by atoms with Crippen LogP contribution in [0.2, 0.25) is 0 Å². The normalized spacial score (nSPS) is 16.4. The summed E-state index contributed by atoms with van der Waals surface area (Å²) in [5.41, 5.74) is 0.872. The Bertz CT molecular complexity index is 740. The number of hydrogen-bond donors (Lipinski definition) is 0. The van der Waals surface area contributed by atoms with E-state index < -0.39 is 0 Å². The van der Waals surface area contributed by atoms with Crippen molar-refractivity contribution in [2.45, 2.75) is 67.3 Å². The number of benzene rings is 1. The summed E-state index contributed by atoms with van der Waals surface area (Å²) in [5, 5.41) is 0.904. The molecule has 0 bridgehead atoms. The van der Waals surface area contributed by atoms with Crippen LogP contribution < -0.4 is 5.56 Å². The van der Waals surface area contributed by atoms with E-state index in [0.717, 1.165) is 11.9 Å². The maximum atomic E-state index is 12.0. The third-order valence-corrected chi connectivity index (χ3v) is 6.56. The molecule has 3 nitrogen and oxygen atoms in total. The predicted molar refractivity (Wildman–Crippen MR) is 114 cm³/mol. The van der Waals surface area contributed by atoms with Crippen molar-refractivity contribution >= 4 is 24.4 Å². The number of fused-ring (bicyclic) bond motifs is 1. The van der Waals surface area contributed by atoms with Crippen LogP contribution in [0.1, 0.15) is 60.8 Å². The van der Waals surface area contributed by atoms with Gasteiger partial charge in [0.1, 0.15) is 0 Å². The van der Waals surface area contributed by atoms with E-state index in [2.05, 4.69) is 52.5 Å². The van der Waals surface area contributed by atoms with Gasteiger partial charge in [-0.05, 0) is 31.3 Å². The average Bonchev–Trinajstić information content (AvgIpc) is 2.82. The molecule has 0 spiro atoms. The third-order valence-electron chi connectivity index (χ3n) is 4.32. The summed E-state index contributed by atoms with van der Waals surface area (Å²) < 4.78 is 3.22. The molecule has 0 saturated carbocycles. The molecule has 3 rings (SSSR count). The van der Waals surface area contributed by atoms with Gasteiger partial charge in [0.2, 0.25) is 0 Å². The average molecular weight is 424 g/mol. The molecule has 26 heavy (non-hydrogen) atoms. The van der Waals surface area contributed by atoms with Crippen LogP contribution in [0.4, 0.5) is 0 Å². The molecular formula is C22H36N2OSe. The molecule has 1 aromatic carbocycles. The summed E-state index contributed by atoms with van der Waals surface area (Å²) in [4.78, 5) is 14.6. The zero-order valence-electron chi connectivity index (χ0n) is 17.5. The van der Waals surface area contributed by atoms with E-state index in [4.69, 9.17) is 0 Å². The van der Waals surface area contributed by atoms with Crippen LogP contribution in [-0.4, -0.2) is 42.8 Å². The van der Waals surface area contributed by atoms with Gasteiger partial charge < -0.3 is 4.90 Å². The van der Waals surface area contributed by atoms with E-state index in [9.17, 15) is 4.79 Å². The summed E-state index contributed by atoms with van der Waals surface area (Å²) in [5.74, 6) is 0. The van der Waals surface area contributed by atoms with Gasteiger partial charge in [-0.25, -0.2) is 0 Å². The SMILES string of the molecule is CC(C)(C)CN1CCCCC1.CC(C)(C)Cn1[se]c2ccccc2c1=O. The molecule has 0 N–H and O–H groups in total. The van der Waals surface area contributed by atoms with Crippen LogP contribution in [0.15, 0.2) is 29.1 Å². The second-order valence-corrected chi connectivity index (χ2v) is 12.1. The third kappa shape index (κ3) is 7.06. The second kappa shape index (κ2) is 8.91. The zero-order chi connectivity index (χ0) is 19.4. The zero-order valence-corrected chi connectivity index (χ0v) is 19.2. The first-order chi connectivity index (χ1) is 12.1. The Hall–Kier alpha value is -0.831. The Kier molecular flexibility index (Phi) is 7.35. The fourth-order valence-corrected chi connectivity index (χ4v) is 5.99. The molecule has 146 valence electrons. The first-order valence-corrected chi connectivity index (χ1v) is 11.5. The van der Waals surface area contributed by atoms with Crippen LogP contribution in [0, 0.1) is 10.8 Å². The number of likely N-dealkylation sites (tertiary alicyclic amines) is 1. The van der Waals surface area contributed by atoms with E-state index in [1.165, 1.54) is 43.2 Å². The molecule has 2 heterocycles. The molecule has 0 unspecified atom stereocenters. The first-order valence-electron chi connectivity index (χ1n) is 9.86. The molecule has 0 amide bonds. The molecule has 0 aliphatic carbocycles. The molecule has 0 radical (unpaired) electrons. The maximum absolute atomic E-state index is 12.0. The van der Waals surface area contributed by atoms with Crippen molar-refractivity contribution in [1.82, 2.24) is 8.46 Å². The monoisotopic (exact) mass is 424 g/mol. The quantitative estimate of drug-likeness (QED) is 0.659. The van der Waals surface area contributed by atoms with E-state index in [1.807, 2.05) is 21.8 Å². The van der Waals surface area contributed by atoms with Gasteiger partial charge in [0.25, 0.3) is 0 Å². The van der Waals surface area contributed by atoms with Gasteiger partial charge in [-0.2, -0.15) is 0 Å². The second-order valence-electron chi connectivity index (χ2n) is 9.89. The van der Waals surface area contributed by atoms with Crippen molar-refractivity contribution < 1.29 is 0 Å². The summed E-state index contributed by atoms with van der Waals surface area (Å²) in [6.45, 7) is 18.2. The Morgan fingerprint density at radius 1 is 0.885 bits per heavy atom. The molecule has 1 aliphatic heterocycles. The van der Waals surface area contributed by atoms with E-state index in [0.29, 0.717) is 5.41 Å². The minimum absolute atomic E-state index is 0.180. The van der Waals surface area contributed by atoms with Gasteiger partial charge in [-0.15, -0.1) is 0 Å². The van der Waals surface area contributed by atoms with Gasteiger partial charge >= 0.3 is 95.3 Å². The first kappa shape index (κ1) is 21.5. The number of hydrogen-bond acceptors (Lipinski definition) is 2. The van der Waals surface area contributed by atoms with Crippen molar-refractivity contribution in [3.63, 3.8) is 0 Å². The molecule has 4 heteroatoms. The van der Waals surface area contributed by atoms with Crippen molar-refractivity contribution in [2.75, 3.05) is 19.6 Å². The van der Waals surface area contributed by atoms with Crippen LogP contribution in [0.5, 0.6) is 0 Å². The van der Waals surface area contributed by atoms with E-state index in [1.54, 1.807) is 0 Å². The Morgan fingerprint density at radius 3 is 2.00 bits per heavy atom. The summed E-state index contributed by atoms with van der Waals surface area (Å²) in [7, 11) is 0. The fourth-order valence-electron chi connectivity index (χ4n) is 3.34. The van der Waals surface area contributed by atoms with Gasteiger partial charge in [0.15, 0.2) is 0 Å². The van der Waals surface area contributed by atoms with Crippen molar-refractivity contribution in [1.29, 1.82) is 0 Å². The predicted octanol–water partition coefficient (Wildman–Crippen LogP) is 4.62. The van der Waals surface area contributed by atoms with Crippen molar-refractivity contribution in [3.05, 3.63) is 34.6 Å². The van der Waals surface area contributed by atoms with Gasteiger partial charge in [-0.3, -0.25) is 0 Å². The van der Waals surface area contributed by atoms with Gasteiger partial charge in [0, 0.05) is 6.54 Å². The molecule has 1 fully saturated rings. The molecule has 1 aromatic heterocycles. The Labute approximate surface area is 165 Å². The fraction of sp³-hybridized carbons (Fsp3) is 0.682. The van der Waals surface area contributed by atoms with Crippen LogP contribution in [-0.2, 0) is 6.54 Å². The van der Waals surface area contributed by atoms with Gasteiger partial charge in [0.05, 0.1) is 0 Å². The van der Waals surface area contributed by atoms with E-state index in [-0.39, 0.29) is 25.7 Å². The summed E-state index contributed by atoms with van der Waals surface area (Å²) in [6.07, 6.45) is 4.27. The molecule has 2 aromatic rings. The van der Waals surface area contributed by atoms with Crippen LogP contribution in [0.25, 0.3) is 9.65 Å². The molecule has 1 saturated heterocycles. The number of nitrogens with zero attached hydrogens (tertiary/aromatic N) is 2. The van der Waals surface area contributed by atoms with E-state index >= 15 is 0 Å². The number of aromatic nitrogens is 1. The Balaban J connectivity index is 0.000000197. The van der Waals surface area contributed by atoms with Gasteiger partial charge in [-0.1, -0.05) is 27.2 Å². The van der Waals surface area contributed by atoms with Crippen LogP contribution in [0.3, 0.4) is 0 Å². The molecular weight excluding hydrogens is 387 g/mol.